The average Bonchev–Trinajstić information content (AvgIpc) is 2.23. The topological polar surface area (TPSA) is 125 Å². The summed E-state index contributed by atoms with van der Waals surface area (Å²) in [7, 11) is 0. The van der Waals surface area contributed by atoms with Crippen molar-refractivity contribution in [3.63, 3.8) is 0 Å². The third kappa shape index (κ3) is 1.19. The Hall–Kier alpha value is -2.02. The van der Waals surface area contributed by atoms with Crippen LogP contribution in [0.3, 0.4) is 0 Å². The molecular formula is C7H9NO6. The molecule has 0 fully saturated rings. The van der Waals surface area contributed by atoms with Crippen molar-refractivity contribution in [1.29, 1.82) is 0 Å². The van der Waals surface area contributed by atoms with Crippen LogP contribution in [-0.4, -0.2) is 35.8 Å². The molecule has 78 valence electrons. The zero-order chi connectivity index (χ0) is 11.0. The lowest BCUT2D eigenvalue weighted by molar-refractivity contribution is -0.103. The average molecular weight is 203 g/mol. The molecule has 1 aliphatic rings. The fraction of sp³-hybridized carbons (Fsp3) is 0.143. The van der Waals surface area contributed by atoms with Crippen molar-refractivity contribution in [2.24, 2.45) is 0 Å². The highest BCUT2D eigenvalue weighted by molar-refractivity contribution is 5.38. The molecule has 7 nitrogen and oxygen atoms in total. The van der Waals surface area contributed by atoms with E-state index < -0.39 is 29.0 Å². The number of hydrogen-bond donors (Lipinski definition) is 6. The third-order valence-electron chi connectivity index (χ3n) is 1.76. The Kier molecular flexibility index (Phi) is 2.18. The van der Waals surface area contributed by atoms with E-state index in [2.05, 4.69) is 0 Å². The van der Waals surface area contributed by atoms with Crippen LogP contribution in [0.1, 0.15) is 6.92 Å². The molecule has 0 saturated carbocycles. The van der Waals surface area contributed by atoms with Crippen molar-refractivity contribution in [2.45, 2.75) is 6.92 Å². The first-order chi connectivity index (χ1) is 6.37. The molecule has 6 N–H and O–H groups in total. The molecule has 0 aliphatic carbocycles. The molecule has 1 rings (SSSR count). The van der Waals surface area contributed by atoms with Crippen LogP contribution in [0.25, 0.3) is 0 Å². The number of nitrogens with zero attached hydrogens (tertiary/aromatic N) is 1. The maximum atomic E-state index is 9.17. The van der Waals surface area contributed by atoms with E-state index in [-0.39, 0.29) is 10.6 Å². The SMILES string of the molecule is CC1=C(O)C(O)=C(O)N(O)C(O)=C1O. The molecule has 0 unspecified atom stereocenters. The second kappa shape index (κ2) is 3.04. The number of hydrogen-bond acceptors (Lipinski definition) is 7. The van der Waals surface area contributed by atoms with Gasteiger partial charge in [0.05, 0.1) is 0 Å². The second-order valence-corrected chi connectivity index (χ2v) is 2.63. The lowest BCUT2D eigenvalue weighted by Gasteiger charge is -2.13. The Morgan fingerprint density at radius 3 is 1.71 bits per heavy atom. The van der Waals surface area contributed by atoms with E-state index in [0.717, 1.165) is 0 Å². The maximum absolute atomic E-state index is 9.17. The van der Waals surface area contributed by atoms with Gasteiger partial charge in [0.2, 0.25) is 5.76 Å². The van der Waals surface area contributed by atoms with Gasteiger partial charge in [-0.2, -0.15) is 5.06 Å². The van der Waals surface area contributed by atoms with Gasteiger partial charge in [0.25, 0.3) is 11.8 Å². The second-order valence-electron chi connectivity index (χ2n) is 2.63. The van der Waals surface area contributed by atoms with Crippen molar-refractivity contribution in [2.75, 3.05) is 0 Å². The van der Waals surface area contributed by atoms with Crippen LogP contribution >= 0.6 is 0 Å². The Labute approximate surface area is 78.3 Å². The molecule has 1 aliphatic heterocycles. The summed E-state index contributed by atoms with van der Waals surface area (Å²) in [6.45, 7) is 1.17. The summed E-state index contributed by atoms with van der Waals surface area (Å²) in [4.78, 5) is 0. The fourth-order valence-corrected chi connectivity index (χ4v) is 0.864. The molecule has 0 radical (unpaired) electrons. The molecule has 0 spiro atoms. The van der Waals surface area contributed by atoms with E-state index in [0.29, 0.717) is 0 Å². The molecule has 7 heteroatoms. The highest BCUT2D eigenvalue weighted by Crippen LogP contribution is 2.26. The number of aliphatic hydroxyl groups excluding tert-OH is 5. The zero-order valence-electron chi connectivity index (χ0n) is 7.13. The highest BCUT2D eigenvalue weighted by Gasteiger charge is 2.28. The van der Waals surface area contributed by atoms with Crippen LogP contribution in [0.5, 0.6) is 0 Å². The van der Waals surface area contributed by atoms with E-state index in [4.69, 9.17) is 25.6 Å². The van der Waals surface area contributed by atoms with E-state index in [9.17, 15) is 5.11 Å². The molecule has 14 heavy (non-hydrogen) atoms. The summed E-state index contributed by atoms with van der Waals surface area (Å²) in [6, 6.07) is 0. The highest BCUT2D eigenvalue weighted by atomic mass is 16.6. The largest absolute Gasteiger partial charge is 0.504 e. The summed E-state index contributed by atoms with van der Waals surface area (Å²) in [6.07, 6.45) is 0. The molecule has 0 atom stereocenters. The van der Waals surface area contributed by atoms with Crippen molar-refractivity contribution >= 4 is 0 Å². The lowest BCUT2D eigenvalue weighted by Crippen LogP contribution is -2.19. The van der Waals surface area contributed by atoms with E-state index in [1.54, 1.807) is 0 Å². The van der Waals surface area contributed by atoms with Crippen LogP contribution in [0.15, 0.2) is 34.6 Å². The van der Waals surface area contributed by atoms with Gasteiger partial charge in [0, 0.05) is 5.57 Å². The van der Waals surface area contributed by atoms with Gasteiger partial charge in [-0.25, -0.2) is 0 Å². The Morgan fingerprint density at radius 2 is 1.21 bits per heavy atom. The smallest absolute Gasteiger partial charge is 0.266 e. The van der Waals surface area contributed by atoms with Crippen LogP contribution in [0.2, 0.25) is 0 Å². The predicted octanol–water partition coefficient (Wildman–Crippen LogP) is 1.09. The molecular weight excluding hydrogens is 194 g/mol. The van der Waals surface area contributed by atoms with Gasteiger partial charge >= 0.3 is 0 Å². The monoisotopic (exact) mass is 203 g/mol. The zero-order valence-corrected chi connectivity index (χ0v) is 7.13. The van der Waals surface area contributed by atoms with Gasteiger partial charge in [0.15, 0.2) is 11.5 Å². The summed E-state index contributed by atoms with van der Waals surface area (Å²) in [5.74, 6) is -5.05. The Morgan fingerprint density at radius 1 is 0.786 bits per heavy atom. The minimum atomic E-state index is -1.19. The maximum Gasteiger partial charge on any atom is 0.266 e. The van der Waals surface area contributed by atoms with Gasteiger partial charge in [-0.1, -0.05) is 0 Å². The van der Waals surface area contributed by atoms with E-state index in [1.807, 2.05) is 0 Å². The summed E-state index contributed by atoms with van der Waals surface area (Å²) in [5, 5.41) is 54.2. The first-order valence-corrected chi connectivity index (χ1v) is 3.52. The molecule has 0 saturated heterocycles. The standard InChI is InChI=1S/C7H9NO6/c1-2-3(9)5(11)7(13)8(14)6(12)4(2)10/h9-14H,1H3. The lowest BCUT2D eigenvalue weighted by atomic mass is 10.2. The quantitative estimate of drug-likeness (QED) is 0.348. The molecule has 0 amide bonds. The third-order valence-corrected chi connectivity index (χ3v) is 1.76. The van der Waals surface area contributed by atoms with E-state index in [1.165, 1.54) is 6.92 Å². The summed E-state index contributed by atoms with van der Waals surface area (Å²) >= 11 is 0. The number of aliphatic hydroxyl groups is 5. The molecule has 1 heterocycles. The number of hydroxylamine groups is 2. The number of allylic oxidation sites excluding steroid dienone is 1. The molecule has 0 aromatic carbocycles. The number of rotatable bonds is 0. The van der Waals surface area contributed by atoms with Crippen molar-refractivity contribution in [3.05, 3.63) is 34.6 Å². The van der Waals surface area contributed by atoms with Crippen LogP contribution in [0.4, 0.5) is 0 Å². The normalized spacial score (nSPS) is 19.1. The van der Waals surface area contributed by atoms with Crippen LogP contribution < -0.4 is 0 Å². The summed E-state index contributed by atoms with van der Waals surface area (Å²) in [5.41, 5.74) is -0.289. The Balaban J connectivity index is 3.46. The molecule has 0 aromatic rings. The molecule has 0 aromatic heterocycles. The molecule has 0 bridgehead atoms. The first kappa shape index (κ1) is 10.1. The van der Waals surface area contributed by atoms with Gasteiger partial charge in [-0.05, 0) is 6.92 Å². The summed E-state index contributed by atoms with van der Waals surface area (Å²) < 4.78 is 0. The minimum absolute atomic E-state index is 0.266. The minimum Gasteiger partial charge on any atom is -0.504 e. The van der Waals surface area contributed by atoms with Gasteiger partial charge in [-0.3, -0.25) is 5.21 Å². The Bertz CT molecular complexity index is 332. The first-order valence-electron chi connectivity index (χ1n) is 3.52. The fourth-order valence-electron chi connectivity index (χ4n) is 0.864. The van der Waals surface area contributed by atoms with Crippen LogP contribution in [0, 0.1) is 0 Å². The van der Waals surface area contributed by atoms with Crippen molar-refractivity contribution < 1.29 is 30.7 Å². The van der Waals surface area contributed by atoms with Crippen LogP contribution in [-0.2, 0) is 0 Å². The van der Waals surface area contributed by atoms with Crippen molar-refractivity contribution in [1.82, 2.24) is 5.06 Å². The van der Waals surface area contributed by atoms with E-state index >= 15 is 0 Å². The van der Waals surface area contributed by atoms with Gasteiger partial charge in [0.1, 0.15) is 0 Å². The van der Waals surface area contributed by atoms with Crippen molar-refractivity contribution in [3.8, 4) is 0 Å². The van der Waals surface area contributed by atoms with Gasteiger partial charge in [-0.15, -0.1) is 0 Å². The predicted molar refractivity (Wildman–Crippen MR) is 43.5 cm³/mol. The van der Waals surface area contributed by atoms with Gasteiger partial charge < -0.3 is 25.5 Å².